The van der Waals surface area contributed by atoms with Crippen LogP contribution in [0, 0.1) is 0 Å². The van der Waals surface area contributed by atoms with Gasteiger partial charge in [-0.05, 0) is 41.1 Å². The summed E-state index contributed by atoms with van der Waals surface area (Å²) in [5.41, 5.74) is 0.453. The molecule has 1 aromatic carbocycles. The van der Waals surface area contributed by atoms with Crippen LogP contribution in [0.2, 0.25) is 0 Å². The Morgan fingerprint density at radius 1 is 1.43 bits per heavy atom. The number of nitrogens with zero attached hydrogens (tertiary/aromatic N) is 1. The molecule has 0 radical (unpaired) electrons. The molecule has 0 atom stereocenters. The molecule has 0 aliphatic heterocycles. The number of halogens is 1. The molecule has 0 bridgehead atoms. The molecule has 0 saturated carbocycles. The number of rotatable bonds is 7. The van der Waals surface area contributed by atoms with Gasteiger partial charge in [-0.3, -0.25) is 9.59 Å². The molecule has 0 aliphatic carbocycles. The van der Waals surface area contributed by atoms with Crippen molar-refractivity contribution in [3.63, 3.8) is 0 Å². The number of ether oxygens (including phenoxy) is 2. The highest BCUT2D eigenvalue weighted by Crippen LogP contribution is 2.26. The number of hydrogen-bond donors (Lipinski definition) is 0. The smallest absolute Gasteiger partial charge is 0.325 e. The average Bonchev–Trinajstić information content (AvgIpc) is 2.46. The summed E-state index contributed by atoms with van der Waals surface area (Å²) in [6, 6.07) is 4.99. The molecule has 0 unspecified atom stereocenters. The summed E-state index contributed by atoms with van der Waals surface area (Å²) in [5, 5.41) is 0. The molecule has 1 rings (SSSR count). The molecule has 114 valence electrons. The van der Waals surface area contributed by atoms with Crippen LogP contribution in [0.1, 0.15) is 17.3 Å². The summed E-state index contributed by atoms with van der Waals surface area (Å²) in [6.45, 7) is 5.76. The first-order valence-electron chi connectivity index (χ1n) is 6.42. The highest BCUT2D eigenvalue weighted by atomic mass is 79.9. The average molecular weight is 356 g/mol. The second-order valence-electron chi connectivity index (χ2n) is 4.13. The van der Waals surface area contributed by atoms with Gasteiger partial charge < -0.3 is 14.4 Å². The standard InChI is InChI=1S/C15H18BrNO4/c1-4-8-17(10-14(18)21-5-2)15(19)11-6-7-13(20-3)12(16)9-11/h4,6-7,9H,1,5,8,10H2,2-3H3. The van der Waals surface area contributed by atoms with Crippen molar-refractivity contribution in [1.82, 2.24) is 4.90 Å². The summed E-state index contributed by atoms with van der Waals surface area (Å²) >= 11 is 3.33. The van der Waals surface area contributed by atoms with E-state index in [9.17, 15) is 9.59 Å². The maximum Gasteiger partial charge on any atom is 0.325 e. The van der Waals surface area contributed by atoms with E-state index in [1.807, 2.05) is 0 Å². The number of esters is 1. The number of carbonyl (C=O) groups is 2. The minimum absolute atomic E-state index is 0.109. The molecule has 0 N–H and O–H groups in total. The fourth-order valence-corrected chi connectivity index (χ4v) is 2.26. The second-order valence-corrected chi connectivity index (χ2v) is 4.98. The van der Waals surface area contributed by atoms with E-state index in [0.29, 0.717) is 15.8 Å². The molecule has 1 amide bonds. The van der Waals surface area contributed by atoms with Crippen molar-refractivity contribution in [3.05, 3.63) is 40.9 Å². The van der Waals surface area contributed by atoms with Crippen LogP contribution in [0.15, 0.2) is 35.3 Å². The topological polar surface area (TPSA) is 55.8 Å². The Bertz CT molecular complexity index is 530. The Labute approximate surface area is 132 Å². The van der Waals surface area contributed by atoms with Crippen molar-refractivity contribution >= 4 is 27.8 Å². The van der Waals surface area contributed by atoms with E-state index in [2.05, 4.69) is 22.5 Å². The second kappa shape index (κ2) is 8.46. The molecule has 0 spiro atoms. The van der Waals surface area contributed by atoms with E-state index in [-0.39, 0.29) is 25.6 Å². The number of carbonyl (C=O) groups excluding carboxylic acids is 2. The SMILES string of the molecule is C=CCN(CC(=O)OCC)C(=O)c1ccc(OC)c(Br)c1. The van der Waals surface area contributed by atoms with Crippen LogP contribution in [0.25, 0.3) is 0 Å². The Morgan fingerprint density at radius 2 is 2.14 bits per heavy atom. The highest BCUT2D eigenvalue weighted by Gasteiger charge is 2.19. The third kappa shape index (κ3) is 4.90. The molecular weight excluding hydrogens is 338 g/mol. The van der Waals surface area contributed by atoms with Gasteiger partial charge in [0.05, 0.1) is 18.2 Å². The predicted octanol–water partition coefficient (Wildman–Crippen LogP) is 2.65. The van der Waals surface area contributed by atoms with Crippen LogP contribution in [-0.4, -0.2) is 43.6 Å². The molecule has 1 aromatic rings. The third-order valence-electron chi connectivity index (χ3n) is 2.66. The number of methoxy groups -OCH3 is 1. The van der Waals surface area contributed by atoms with Crippen molar-refractivity contribution in [2.45, 2.75) is 6.92 Å². The Kier molecular flexibility index (Phi) is 6.94. The summed E-state index contributed by atoms with van der Waals surface area (Å²) in [6.07, 6.45) is 1.57. The third-order valence-corrected chi connectivity index (χ3v) is 3.28. The summed E-state index contributed by atoms with van der Waals surface area (Å²) < 4.78 is 10.7. The molecule has 0 aliphatic rings. The van der Waals surface area contributed by atoms with Crippen LogP contribution in [-0.2, 0) is 9.53 Å². The minimum Gasteiger partial charge on any atom is -0.496 e. The molecule has 0 aromatic heterocycles. The lowest BCUT2D eigenvalue weighted by molar-refractivity contribution is -0.143. The monoisotopic (exact) mass is 355 g/mol. The van der Waals surface area contributed by atoms with Gasteiger partial charge in [0.1, 0.15) is 12.3 Å². The number of benzene rings is 1. The fraction of sp³-hybridized carbons (Fsp3) is 0.333. The van der Waals surface area contributed by atoms with Crippen molar-refractivity contribution in [1.29, 1.82) is 0 Å². The fourth-order valence-electron chi connectivity index (χ4n) is 1.72. The van der Waals surface area contributed by atoms with Crippen molar-refractivity contribution in [3.8, 4) is 5.75 Å². The molecule has 0 fully saturated rings. The maximum atomic E-state index is 12.4. The first-order valence-corrected chi connectivity index (χ1v) is 7.22. The summed E-state index contributed by atoms with van der Waals surface area (Å²) in [5.74, 6) is -0.0844. The van der Waals surface area contributed by atoms with E-state index < -0.39 is 5.97 Å². The summed E-state index contributed by atoms with van der Waals surface area (Å²) in [4.78, 5) is 25.4. The molecule has 21 heavy (non-hydrogen) atoms. The zero-order chi connectivity index (χ0) is 15.8. The zero-order valence-electron chi connectivity index (χ0n) is 12.1. The molecule has 6 heteroatoms. The molecular formula is C15H18BrNO4. The van der Waals surface area contributed by atoms with Gasteiger partial charge in [0, 0.05) is 12.1 Å². The van der Waals surface area contributed by atoms with Crippen molar-refractivity contribution < 1.29 is 19.1 Å². The maximum absolute atomic E-state index is 12.4. The van der Waals surface area contributed by atoms with Crippen LogP contribution in [0.5, 0.6) is 5.75 Å². The van der Waals surface area contributed by atoms with Gasteiger partial charge in [0.25, 0.3) is 5.91 Å². The first-order chi connectivity index (χ1) is 10.0. The lowest BCUT2D eigenvalue weighted by atomic mass is 10.2. The highest BCUT2D eigenvalue weighted by molar-refractivity contribution is 9.10. The zero-order valence-corrected chi connectivity index (χ0v) is 13.7. The summed E-state index contributed by atoms with van der Waals surface area (Å²) in [7, 11) is 1.55. The van der Waals surface area contributed by atoms with Gasteiger partial charge in [0.2, 0.25) is 0 Å². The van der Waals surface area contributed by atoms with E-state index in [0.717, 1.165) is 0 Å². The first kappa shape index (κ1) is 17.2. The van der Waals surface area contributed by atoms with Crippen LogP contribution < -0.4 is 4.74 Å². The quantitative estimate of drug-likeness (QED) is 0.557. The van der Waals surface area contributed by atoms with E-state index >= 15 is 0 Å². The number of amides is 1. The van der Waals surface area contributed by atoms with Gasteiger partial charge >= 0.3 is 5.97 Å². The van der Waals surface area contributed by atoms with Gasteiger partial charge in [-0.15, -0.1) is 6.58 Å². The van der Waals surface area contributed by atoms with Gasteiger partial charge in [-0.2, -0.15) is 0 Å². The van der Waals surface area contributed by atoms with E-state index in [1.54, 1.807) is 38.3 Å². The Morgan fingerprint density at radius 3 is 2.67 bits per heavy atom. The van der Waals surface area contributed by atoms with E-state index in [1.165, 1.54) is 4.90 Å². The molecule has 0 saturated heterocycles. The van der Waals surface area contributed by atoms with Crippen LogP contribution in [0.3, 0.4) is 0 Å². The van der Waals surface area contributed by atoms with Crippen molar-refractivity contribution in [2.75, 3.05) is 26.8 Å². The van der Waals surface area contributed by atoms with Gasteiger partial charge in [-0.25, -0.2) is 0 Å². The lowest BCUT2D eigenvalue weighted by Crippen LogP contribution is -2.36. The number of hydrogen-bond acceptors (Lipinski definition) is 4. The molecule has 0 heterocycles. The Hall–Kier alpha value is -1.82. The van der Waals surface area contributed by atoms with Gasteiger partial charge in [-0.1, -0.05) is 6.08 Å². The van der Waals surface area contributed by atoms with Crippen molar-refractivity contribution in [2.24, 2.45) is 0 Å². The largest absolute Gasteiger partial charge is 0.496 e. The molecule has 5 nitrogen and oxygen atoms in total. The minimum atomic E-state index is -0.444. The van der Waals surface area contributed by atoms with Crippen LogP contribution in [0.4, 0.5) is 0 Å². The van der Waals surface area contributed by atoms with E-state index in [4.69, 9.17) is 9.47 Å². The normalized spacial score (nSPS) is 9.86. The Balaban J connectivity index is 2.92. The predicted molar refractivity (Wildman–Crippen MR) is 83.4 cm³/mol. The lowest BCUT2D eigenvalue weighted by Gasteiger charge is -2.20. The van der Waals surface area contributed by atoms with Gasteiger partial charge in [0.15, 0.2) is 0 Å². The van der Waals surface area contributed by atoms with Crippen LogP contribution >= 0.6 is 15.9 Å².